The molecular weight excluding hydrogens is 414 g/mol. The summed E-state index contributed by atoms with van der Waals surface area (Å²) in [4.78, 5) is 19.2. The van der Waals surface area contributed by atoms with Crippen LogP contribution in [-0.2, 0) is 0 Å². The van der Waals surface area contributed by atoms with Crippen LogP contribution in [0.25, 0.3) is 16.6 Å². The summed E-state index contributed by atoms with van der Waals surface area (Å²) in [6.07, 6.45) is 0. The molecule has 2 heterocycles. The van der Waals surface area contributed by atoms with Crippen molar-refractivity contribution in [1.29, 1.82) is 0 Å². The maximum atomic E-state index is 13.4. The smallest absolute Gasteiger partial charge is 0.194 e. The molecular formula is C27H21N3OS. The molecule has 0 bridgehead atoms. The van der Waals surface area contributed by atoms with Crippen molar-refractivity contribution in [3.05, 3.63) is 119 Å². The van der Waals surface area contributed by atoms with Gasteiger partial charge in [-0.3, -0.25) is 9.36 Å². The number of hydrogen-bond acceptors (Lipinski definition) is 4. The Labute approximate surface area is 190 Å². The van der Waals surface area contributed by atoms with Crippen molar-refractivity contribution < 1.29 is 0 Å². The standard InChI is InChI=1S/C27H21N3OS/c1-19-17-23-26(27(28-19)32-22-15-9-4-10-16-22)24(31)18-25(29-20-11-5-2-6-12-20)30(23)21-13-7-3-8-14-21/h2-18,29H,1H3. The van der Waals surface area contributed by atoms with Crippen molar-refractivity contribution in [2.24, 2.45) is 0 Å². The molecule has 0 atom stereocenters. The Morgan fingerprint density at radius 2 is 1.44 bits per heavy atom. The number of aromatic nitrogens is 2. The molecule has 3 aromatic carbocycles. The van der Waals surface area contributed by atoms with E-state index in [-0.39, 0.29) is 5.43 Å². The molecule has 0 fully saturated rings. The van der Waals surface area contributed by atoms with E-state index in [4.69, 9.17) is 4.98 Å². The Balaban J connectivity index is 1.78. The number of nitrogens with zero attached hydrogens (tertiary/aromatic N) is 2. The highest BCUT2D eigenvalue weighted by Crippen LogP contribution is 2.33. The number of anilines is 2. The summed E-state index contributed by atoms with van der Waals surface area (Å²) < 4.78 is 2.09. The van der Waals surface area contributed by atoms with Crippen LogP contribution >= 0.6 is 11.8 Å². The molecule has 5 aromatic rings. The van der Waals surface area contributed by atoms with E-state index < -0.39 is 0 Å². The molecule has 156 valence electrons. The lowest BCUT2D eigenvalue weighted by Gasteiger charge is -2.19. The van der Waals surface area contributed by atoms with E-state index in [1.807, 2.05) is 104 Å². The maximum absolute atomic E-state index is 13.4. The molecule has 0 radical (unpaired) electrons. The highest BCUT2D eigenvalue weighted by molar-refractivity contribution is 7.99. The molecule has 1 N–H and O–H groups in total. The van der Waals surface area contributed by atoms with Gasteiger partial charge in [-0.15, -0.1) is 0 Å². The Bertz CT molecular complexity index is 1430. The first kappa shape index (κ1) is 20.1. The van der Waals surface area contributed by atoms with Crippen LogP contribution in [0.15, 0.2) is 118 Å². The van der Waals surface area contributed by atoms with Crippen LogP contribution in [0, 0.1) is 6.92 Å². The topological polar surface area (TPSA) is 46.9 Å². The van der Waals surface area contributed by atoms with Gasteiger partial charge in [-0.25, -0.2) is 4.98 Å². The minimum Gasteiger partial charge on any atom is -0.341 e. The zero-order chi connectivity index (χ0) is 21.9. The van der Waals surface area contributed by atoms with Crippen molar-refractivity contribution >= 4 is 34.2 Å². The van der Waals surface area contributed by atoms with Gasteiger partial charge in [0.2, 0.25) is 0 Å². The third-order valence-corrected chi connectivity index (χ3v) is 6.10. The van der Waals surface area contributed by atoms with Crippen LogP contribution in [0.1, 0.15) is 5.69 Å². The summed E-state index contributed by atoms with van der Waals surface area (Å²) in [5.74, 6) is 0.709. The predicted octanol–water partition coefficient (Wildman–Crippen LogP) is 6.59. The van der Waals surface area contributed by atoms with E-state index in [0.717, 1.165) is 27.5 Å². The predicted molar refractivity (Wildman–Crippen MR) is 132 cm³/mol. The number of rotatable bonds is 5. The zero-order valence-electron chi connectivity index (χ0n) is 17.5. The quantitative estimate of drug-likeness (QED) is 0.338. The zero-order valence-corrected chi connectivity index (χ0v) is 18.3. The van der Waals surface area contributed by atoms with Gasteiger partial charge < -0.3 is 5.32 Å². The maximum Gasteiger partial charge on any atom is 0.194 e. The fourth-order valence-corrected chi connectivity index (χ4v) is 4.73. The Hall–Kier alpha value is -3.83. The second-order valence-corrected chi connectivity index (χ2v) is 8.50. The van der Waals surface area contributed by atoms with Gasteiger partial charge in [-0.1, -0.05) is 66.4 Å². The molecule has 5 heteroatoms. The van der Waals surface area contributed by atoms with Crippen molar-refractivity contribution in [1.82, 2.24) is 9.55 Å². The van der Waals surface area contributed by atoms with Gasteiger partial charge in [0.05, 0.1) is 10.9 Å². The highest BCUT2D eigenvalue weighted by Gasteiger charge is 2.17. The number of fused-ring (bicyclic) bond motifs is 1. The third kappa shape index (κ3) is 4.03. The lowest BCUT2D eigenvalue weighted by molar-refractivity contribution is 1.05. The molecule has 32 heavy (non-hydrogen) atoms. The summed E-state index contributed by atoms with van der Waals surface area (Å²) in [5.41, 5.74) is 3.51. The molecule has 0 saturated heterocycles. The molecule has 0 spiro atoms. The second-order valence-electron chi connectivity index (χ2n) is 7.43. The fraction of sp³-hybridized carbons (Fsp3) is 0.0370. The van der Waals surface area contributed by atoms with Crippen LogP contribution in [0.2, 0.25) is 0 Å². The molecule has 0 unspecified atom stereocenters. The second kappa shape index (κ2) is 8.73. The van der Waals surface area contributed by atoms with E-state index in [9.17, 15) is 4.79 Å². The molecule has 2 aromatic heterocycles. The highest BCUT2D eigenvalue weighted by atomic mass is 32.2. The number of para-hydroxylation sites is 2. The fourth-order valence-electron chi connectivity index (χ4n) is 3.72. The van der Waals surface area contributed by atoms with Gasteiger partial charge in [0.15, 0.2) is 5.43 Å². The SMILES string of the molecule is Cc1cc2c(c(Sc3ccccc3)n1)c(=O)cc(Nc1ccccc1)n2-c1ccccc1. The Kier molecular flexibility index (Phi) is 5.48. The van der Waals surface area contributed by atoms with Gasteiger partial charge in [-0.05, 0) is 49.4 Å². The Morgan fingerprint density at radius 1 is 0.812 bits per heavy atom. The number of pyridine rings is 2. The summed E-state index contributed by atoms with van der Waals surface area (Å²) in [7, 11) is 0. The number of aryl methyl sites for hydroxylation is 1. The monoisotopic (exact) mass is 435 g/mol. The van der Waals surface area contributed by atoms with E-state index in [0.29, 0.717) is 16.2 Å². The summed E-state index contributed by atoms with van der Waals surface area (Å²) in [6, 6.07) is 33.6. The molecule has 0 aliphatic rings. The number of hydrogen-bond donors (Lipinski definition) is 1. The third-order valence-electron chi connectivity index (χ3n) is 5.11. The number of benzene rings is 3. The van der Waals surface area contributed by atoms with Gasteiger partial charge in [0.1, 0.15) is 10.8 Å². The van der Waals surface area contributed by atoms with Gasteiger partial charge in [-0.2, -0.15) is 0 Å². The average Bonchev–Trinajstić information content (AvgIpc) is 2.81. The molecule has 0 aliphatic carbocycles. The van der Waals surface area contributed by atoms with Crippen LogP contribution in [-0.4, -0.2) is 9.55 Å². The number of nitrogens with one attached hydrogen (secondary N) is 1. The average molecular weight is 436 g/mol. The van der Waals surface area contributed by atoms with Crippen molar-refractivity contribution in [2.75, 3.05) is 5.32 Å². The van der Waals surface area contributed by atoms with Crippen molar-refractivity contribution in [3.8, 4) is 5.69 Å². The molecule has 5 rings (SSSR count). The molecule has 0 amide bonds. The van der Waals surface area contributed by atoms with Gasteiger partial charge >= 0.3 is 0 Å². The first-order valence-corrected chi connectivity index (χ1v) is 11.2. The summed E-state index contributed by atoms with van der Waals surface area (Å²) in [5, 5.41) is 4.76. The largest absolute Gasteiger partial charge is 0.341 e. The first-order chi connectivity index (χ1) is 15.7. The molecule has 0 aliphatic heterocycles. The van der Waals surface area contributed by atoms with E-state index in [2.05, 4.69) is 9.88 Å². The summed E-state index contributed by atoms with van der Waals surface area (Å²) >= 11 is 1.51. The molecule has 4 nitrogen and oxygen atoms in total. The van der Waals surface area contributed by atoms with Crippen LogP contribution in [0.5, 0.6) is 0 Å². The van der Waals surface area contributed by atoms with Crippen LogP contribution in [0.3, 0.4) is 0 Å². The van der Waals surface area contributed by atoms with E-state index >= 15 is 0 Å². The lowest BCUT2D eigenvalue weighted by Crippen LogP contribution is -2.14. The van der Waals surface area contributed by atoms with E-state index in [1.54, 1.807) is 6.07 Å². The Morgan fingerprint density at radius 3 is 2.12 bits per heavy atom. The van der Waals surface area contributed by atoms with Crippen LogP contribution in [0.4, 0.5) is 11.5 Å². The summed E-state index contributed by atoms with van der Waals surface area (Å²) in [6.45, 7) is 1.96. The normalized spacial score (nSPS) is 10.9. The first-order valence-electron chi connectivity index (χ1n) is 10.4. The molecule has 0 saturated carbocycles. The van der Waals surface area contributed by atoms with Crippen molar-refractivity contribution in [3.63, 3.8) is 0 Å². The minimum absolute atomic E-state index is 0.0588. The van der Waals surface area contributed by atoms with E-state index in [1.165, 1.54) is 11.8 Å². The van der Waals surface area contributed by atoms with Gasteiger partial charge in [0.25, 0.3) is 0 Å². The van der Waals surface area contributed by atoms with Crippen LogP contribution < -0.4 is 10.7 Å². The van der Waals surface area contributed by atoms with Crippen molar-refractivity contribution in [2.45, 2.75) is 16.8 Å². The lowest BCUT2D eigenvalue weighted by atomic mass is 10.2. The minimum atomic E-state index is -0.0588. The van der Waals surface area contributed by atoms with Gasteiger partial charge in [0, 0.05) is 28.0 Å².